The van der Waals surface area contributed by atoms with Crippen molar-refractivity contribution >= 4 is 16.6 Å². The minimum atomic E-state index is -0.292. The lowest BCUT2D eigenvalue weighted by molar-refractivity contribution is 0.187. The zero-order chi connectivity index (χ0) is 19.7. The van der Waals surface area contributed by atoms with Crippen molar-refractivity contribution in [2.24, 2.45) is 7.05 Å². The van der Waals surface area contributed by atoms with E-state index >= 15 is 0 Å². The quantitative estimate of drug-likeness (QED) is 0.779. The summed E-state index contributed by atoms with van der Waals surface area (Å²) in [6.07, 6.45) is 5.49. The number of benzene rings is 1. The zero-order valence-electron chi connectivity index (χ0n) is 16.2. The van der Waals surface area contributed by atoms with Crippen LogP contribution in [0.3, 0.4) is 0 Å². The van der Waals surface area contributed by atoms with Crippen LogP contribution in [0.5, 0.6) is 5.75 Å². The van der Waals surface area contributed by atoms with Gasteiger partial charge in [0, 0.05) is 43.7 Å². The van der Waals surface area contributed by atoms with Crippen LogP contribution in [0.25, 0.3) is 10.9 Å². The third-order valence-electron chi connectivity index (χ3n) is 5.39. The standard InChI is InChI=1S/C21H24N4O2/c1-6-9-24-12-15(3)25(13-14(24)2)20-17-8-7-16(27-5)10-19(17)23(4)21(26)18(20)11-22/h1,7-8,10,14-15H,9,12-13H2,2-5H3/t14-,15+/m1/s1. The van der Waals surface area contributed by atoms with E-state index in [9.17, 15) is 10.1 Å². The van der Waals surface area contributed by atoms with Crippen molar-refractivity contribution in [3.8, 4) is 24.2 Å². The van der Waals surface area contributed by atoms with Gasteiger partial charge in [-0.2, -0.15) is 5.26 Å². The average Bonchev–Trinajstić information content (AvgIpc) is 2.67. The van der Waals surface area contributed by atoms with Gasteiger partial charge in [-0.25, -0.2) is 0 Å². The molecule has 2 heterocycles. The molecule has 27 heavy (non-hydrogen) atoms. The topological polar surface area (TPSA) is 61.5 Å². The van der Waals surface area contributed by atoms with Gasteiger partial charge in [-0.05, 0) is 26.0 Å². The number of anilines is 1. The summed E-state index contributed by atoms with van der Waals surface area (Å²) in [6.45, 7) is 6.30. The highest BCUT2D eigenvalue weighted by Gasteiger charge is 2.32. The molecular weight excluding hydrogens is 340 g/mol. The van der Waals surface area contributed by atoms with E-state index < -0.39 is 0 Å². The molecule has 0 radical (unpaired) electrons. The SMILES string of the molecule is C#CCN1C[C@H](C)N(c2c(C#N)c(=O)n(C)c3cc(OC)ccc23)C[C@H]1C. The molecule has 2 aromatic rings. The predicted molar refractivity (Wildman–Crippen MR) is 107 cm³/mol. The molecule has 140 valence electrons. The summed E-state index contributed by atoms with van der Waals surface area (Å²) in [6, 6.07) is 8.11. The van der Waals surface area contributed by atoms with Crippen LogP contribution in [-0.2, 0) is 7.05 Å². The Morgan fingerprint density at radius 2 is 2.04 bits per heavy atom. The molecule has 0 N–H and O–H groups in total. The first kappa shape index (κ1) is 18.8. The molecule has 0 aliphatic carbocycles. The molecule has 1 aliphatic heterocycles. The predicted octanol–water partition coefficient (Wildman–Crippen LogP) is 1.95. The first-order valence-corrected chi connectivity index (χ1v) is 8.97. The molecule has 1 saturated heterocycles. The molecule has 0 spiro atoms. The fourth-order valence-electron chi connectivity index (χ4n) is 3.88. The Bertz CT molecular complexity index is 1010. The van der Waals surface area contributed by atoms with Crippen molar-refractivity contribution in [3.63, 3.8) is 0 Å². The number of ether oxygens (including phenoxy) is 1. The number of hydrogen-bond acceptors (Lipinski definition) is 5. The van der Waals surface area contributed by atoms with E-state index in [1.807, 2.05) is 18.2 Å². The molecule has 0 bridgehead atoms. The number of piperazine rings is 1. The minimum absolute atomic E-state index is 0.124. The lowest BCUT2D eigenvalue weighted by atomic mass is 10.0. The fraction of sp³-hybridized carbons (Fsp3) is 0.429. The second-order valence-electron chi connectivity index (χ2n) is 7.07. The first-order chi connectivity index (χ1) is 12.9. The number of fused-ring (bicyclic) bond motifs is 1. The molecule has 1 fully saturated rings. The van der Waals surface area contributed by atoms with Crippen LogP contribution in [-0.4, -0.2) is 48.3 Å². The van der Waals surface area contributed by atoms with Crippen LogP contribution < -0.4 is 15.2 Å². The van der Waals surface area contributed by atoms with Crippen LogP contribution in [0.4, 0.5) is 5.69 Å². The Balaban J connectivity index is 2.22. The number of rotatable bonds is 3. The first-order valence-electron chi connectivity index (χ1n) is 8.97. The Morgan fingerprint density at radius 3 is 2.67 bits per heavy atom. The number of pyridine rings is 1. The van der Waals surface area contributed by atoms with E-state index in [-0.39, 0.29) is 23.2 Å². The third kappa shape index (κ3) is 3.13. The van der Waals surface area contributed by atoms with Gasteiger partial charge in [0.15, 0.2) is 0 Å². The van der Waals surface area contributed by atoms with Crippen molar-refractivity contribution < 1.29 is 4.74 Å². The second kappa shape index (κ2) is 7.34. The van der Waals surface area contributed by atoms with E-state index in [2.05, 4.69) is 35.6 Å². The number of nitriles is 1. The molecule has 0 saturated carbocycles. The molecular formula is C21H24N4O2. The maximum atomic E-state index is 12.9. The molecule has 6 nitrogen and oxygen atoms in total. The number of aromatic nitrogens is 1. The minimum Gasteiger partial charge on any atom is -0.497 e. The van der Waals surface area contributed by atoms with Gasteiger partial charge < -0.3 is 14.2 Å². The monoisotopic (exact) mass is 364 g/mol. The highest BCUT2D eigenvalue weighted by atomic mass is 16.5. The van der Waals surface area contributed by atoms with Crippen molar-refractivity contribution in [2.45, 2.75) is 25.9 Å². The lowest BCUT2D eigenvalue weighted by Crippen LogP contribution is -2.57. The highest BCUT2D eigenvalue weighted by molar-refractivity contribution is 5.95. The summed E-state index contributed by atoms with van der Waals surface area (Å²) in [5, 5.41) is 10.6. The molecule has 1 aromatic heterocycles. The van der Waals surface area contributed by atoms with Crippen molar-refractivity contribution in [1.82, 2.24) is 9.47 Å². The number of methoxy groups -OCH3 is 1. The van der Waals surface area contributed by atoms with E-state index in [1.54, 1.807) is 14.2 Å². The molecule has 0 amide bonds. The van der Waals surface area contributed by atoms with Crippen LogP contribution in [0.2, 0.25) is 0 Å². The van der Waals surface area contributed by atoms with Crippen molar-refractivity contribution in [1.29, 1.82) is 5.26 Å². The Hall–Kier alpha value is -2.96. The summed E-state index contributed by atoms with van der Waals surface area (Å²) in [7, 11) is 3.28. The summed E-state index contributed by atoms with van der Waals surface area (Å²) >= 11 is 0. The maximum Gasteiger partial charge on any atom is 0.270 e. The molecule has 0 unspecified atom stereocenters. The van der Waals surface area contributed by atoms with Gasteiger partial charge in [0.05, 0.1) is 24.9 Å². The normalized spacial score (nSPS) is 20.3. The summed E-state index contributed by atoms with van der Waals surface area (Å²) in [5.74, 6) is 3.39. The second-order valence-corrected chi connectivity index (χ2v) is 7.07. The van der Waals surface area contributed by atoms with Gasteiger partial charge in [-0.3, -0.25) is 9.69 Å². The molecule has 6 heteroatoms. The number of nitrogens with zero attached hydrogens (tertiary/aromatic N) is 4. The van der Waals surface area contributed by atoms with Crippen LogP contribution in [0.1, 0.15) is 19.4 Å². The van der Waals surface area contributed by atoms with Gasteiger partial charge in [0.1, 0.15) is 17.4 Å². The Kier molecular flexibility index (Phi) is 5.12. The van der Waals surface area contributed by atoms with Crippen LogP contribution >= 0.6 is 0 Å². The largest absolute Gasteiger partial charge is 0.497 e. The van der Waals surface area contributed by atoms with Crippen LogP contribution in [0.15, 0.2) is 23.0 Å². The smallest absolute Gasteiger partial charge is 0.270 e. The van der Waals surface area contributed by atoms with E-state index in [0.717, 1.165) is 17.4 Å². The van der Waals surface area contributed by atoms with E-state index in [1.165, 1.54) is 4.57 Å². The Morgan fingerprint density at radius 1 is 1.30 bits per heavy atom. The summed E-state index contributed by atoms with van der Waals surface area (Å²) < 4.78 is 6.84. The van der Waals surface area contributed by atoms with Gasteiger partial charge in [-0.15, -0.1) is 6.42 Å². The van der Waals surface area contributed by atoms with Crippen molar-refractivity contribution in [2.75, 3.05) is 31.6 Å². The fourth-order valence-corrected chi connectivity index (χ4v) is 3.88. The van der Waals surface area contributed by atoms with Crippen molar-refractivity contribution in [3.05, 3.63) is 34.1 Å². The average molecular weight is 364 g/mol. The zero-order valence-corrected chi connectivity index (χ0v) is 16.2. The highest BCUT2D eigenvalue weighted by Crippen LogP contribution is 2.33. The number of hydrogen-bond donors (Lipinski definition) is 0. The molecule has 1 aromatic carbocycles. The maximum absolute atomic E-state index is 12.9. The summed E-state index contributed by atoms with van der Waals surface area (Å²) in [5.41, 5.74) is 1.34. The number of aryl methyl sites for hydroxylation is 1. The molecule has 1 aliphatic rings. The van der Waals surface area contributed by atoms with E-state index in [0.29, 0.717) is 24.5 Å². The van der Waals surface area contributed by atoms with Gasteiger partial charge in [0.25, 0.3) is 5.56 Å². The number of terminal acetylenes is 1. The lowest BCUT2D eigenvalue weighted by Gasteiger charge is -2.45. The van der Waals surface area contributed by atoms with Crippen LogP contribution in [0, 0.1) is 23.7 Å². The molecule has 2 atom stereocenters. The van der Waals surface area contributed by atoms with E-state index in [4.69, 9.17) is 11.2 Å². The Labute approximate surface area is 159 Å². The van der Waals surface area contributed by atoms with Gasteiger partial charge >= 0.3 is 0 Å². The summed E-state index contributed by atoms with van der Waals surface area (Å²) in [4.78, 5) is 17.3. The van der Waals surface area contributed by atoms with Gasteiger partial charge in [-0.1, -0.05) is 5.92 Å². The third-order valence-corrected chi connectivity index (χ3v) is 5.39. The van der Waals surface area contributed by atoms with Gasteiger partial charge in [0.2, 0.25) is 0 Å². The molecule has 3 rings (SSSR count).